The Morgan fingerprint density at radius 1 is 1.23 bits per heavy atom. The van der Waals surface area contributed by atoms with E-state index in [1.54, 1.807) is 13.0 Å². The Morgan fingerprint density at radius 3 is 2.60 bits per heavy atom. The lowest BCUT2D eigenvalue weighted by Crippen LogP contribution is -2.39. The van der Waals surface area contributed by atoms with Crippen LogP contribution in [-0.4, -0.2) is 44.2 Å². The van der Waals surface area contributed by atoms with E-state index in [1.807, 2.05) is 37.3 Å². The summed E-state index contributed by atoms with van der Waals surface area (Å²) in [6, 6.07) is 12.3. The fraction of sp³-hybridized carbons (Fsp3) is 0.333. The summed E-state index contributed by atoms with van der Waals surface area (Å²) in [6.07, 6.45) is -0.208. The van der Waals surface area contributed by atoms with E-state index >= 15 is 0 Å². The number of amides is 2. The first-order chi connectivity index (χ1) is 14.2. The molecule has 0 saturated carbocycles. The summed E-state index contributed by atoms with van der Waals surface area (Å²) in [5.74, 6) is -0.366. The van der Waals surface area contributed by atoms with Crippen LogP contribution in [0.3, 0.4) is 0 Å². The molecule has 2 aromatic carbocycles. The second kappa shape index (κ2) is 8.85. The third-order valence-corrected chi connectivity index (χ3v) is 6.80. The second-order valence-electron chi connectivity index (χ2n) is 7.14. The molecule has 0 unspecified atom stereocenters. The predicted molar refractivity (Wildman–Crippen MR) is 113 cm³/mol. The summed E-state index contributed by atoms with van der Waals surface area (Å²) in [5.41, 5.74) is 1.81. The molecule has 0 aromatic heterocycles. The average molecular weight is 432 g/mol. The fourth-order valence-corrected chi connectivity index (χ4v) is 4.48. The zero-order valence-electron chi connectivity index (χ0n) is 17.1. The first-order valence-corrected chi connectivity index (χ1v) is 11.1. The molecule has 1 aliphatic heterocycles. The molecule has 3 rings (SSSR count). The number of sulfonamides is 1. The molecule has 0 spiro atoms. The van der Waals surface area contributed by atoms with Gasteiger partial charge in [0.1, 0.15) is 5.75 Å². The number of ether oxygens (including phenoxy) is 1. The van der Waals surface area contributed by atoms with Crippen molar-refractivity contribution in [2.24, 2.45) is 0 Å². The van der Waals surface area contributed by atoms with Crippen molar-refractivity contribution >= 4 is 27.5 Å². The van der Waals surface area contributed by atoms with Crippen LogP contribution in [0.1, 0.15) is 24.5 Å². The molecule has 0 bridgehead atoms. The molecule has 9 heteroatoms. The molecular formula is C21H25N3O5S. The van der Waals surface area contributed by atoms with Crippen molar-refractivity contribution in [3.63, 3.8) is 0 Å². The number of carbonyl (C=O) groups is 2. The summed E-state index contributed by atoms with van der Waals surface area (Å²) in [4.78, 5) is 24.3. The van der Waals surface area contributed by atoms with Crippen molar-refractivity contribution in [1.29, 1.82) is 0 Å². The second-order valence-corrected chi connectivity index (χ2v) is 9.15. The molecule has 30 heavy (non-hydrogen) atoms. The Bertz CT molecular complexity index is 1050. The molecular weight excluding hydrogens is 406 g/mol. The number of aryl methyl sites for hydroxylation is 1. The van der Waals surface area contributed by atoms with E-state index in [4.69, 9.17) is 4.74 Å². The molecule has 0 radical (unpaired) electrons. The third kappa shape index (κ3) is 4.63. The van der Waals surface area contributed by atoms with Crippen LogP contribution in [0, 0.1) is 6.92 Å². The van der Waals surface area contributed by atoms with Gasteiger partial charge < -0.3 is 15.4 Å². The monoisotopic (exact) mass is 431 g/mol. The maximum absolute atomic E-state index is 13.1. The van der Waals surface area contributed by atoms with Gasteiger partial charge in [-0.25, -0.2) is 8.42 Å². The minimum atomic E-state index is -3.94. The van der Waals surface area contributed by atoms with Gasteiger partial charge in [0, 0.05) is 19.7 Å². The Balaban J connectivity index is 1.74. The number of nitrogens with one attached hydrogen (secondary N) is 2. The van der Waals surface area contributed by atoms with Crippen molar-refractivity contribution in [2.45, 2.75) is 37.8 Å². The van der Waals surface area contributed by atoms with Gasteiger partial charge in [0.15, 0.2) is 6.10 Å². The van der Waals surface area contributed by atoms with E-state index in [1.165, 1.54) is 13.1 Å². The van der Waals surface area contributed by atoms with Crippen LogP contribution in [0.4, 0.5) is 5.69 Å². The summed E-state index contributed by atoms with van der Waals surface area (Å²) >= 11 is 0. The summed E-state index contributed by atoms with van der Waals surface area (Å²) in [5, 5.41) is 5.46. The highest BCUT2D eigenvalue weighted by molar-refractivity contribution is 7.89. The van der Waals surface area contributed by atoms with Crippen molar-refractivity contribution < 1.29 is 22.7 Å². The molecule has 0 saturated heterocycles. The van der Waals surface area contributed by atoms with Crippen LogP contribution in [0.15, 0.2) is 47.4 Å². The molecule has 1 heterocycles. The SMILES string of the molecule is CC[C@@H]1Oc2cc(S(=O)(=O)N(C)CC(=O)NCc3ccccc3)c(C)cc2NC1=O. The van der Waals surface area contributed by atoms with E-state index in [0.717, 1.165) is 9.87 Å². The summed E-state index contributed by atoms with van der Waals surface area (Å²) in [6.45, 7) is 3.44. The number of nitrogens with zero attached hydrogens (tertiary/aromatic N) is 1. The molecule has 0 fully saturated rings. The van der Waals surface area contributed by atoms with E-state index in [2.05, 4.69) is 10.6 Å². The van der Waals surface area contributed by atoms with Gasteiger partial charge in [-0.2, -0.15) is 4.31 Å². The highest BCUT2D eigenvalue weighted by Gasteiger charge is 2.31. The number of benzene rings is 2. The largest absolute Gasteiger partial charge is 0.478 e. The zero-order chi connectivity index (χ0) is 21.9. The van der Waals surface area contributed by atoms with Crippen molar-refractivity contribution in [3.05, 3.63) is 53.6 Å². The zero-order valence-corrected chi connectivity index (χ0v) is 18.0. The van der Waals surface area contributed by atoms with Gasteiger partial charge in [-0.3, -0.25) is 9.59 Å². The standard InChI is InChI=1S/C21H25N3O5S/c1-4-17-21(26)23-16-10-14(2)19(11-18(16)29-17)30(27,28)24(3)13-20(25)22-12-15-8-6-5-7-9-15/h5-11,17H,4,12-13H2,1-3H3,(H,22,25)(H,23,26)/t17-/m0/s1. The number of hydrogen-bond donors (Lipinski definition) is 2. The smallest absolute Gasteiger partial charge is 0.265 e. The lowest BCUT2D eigenvalue weighted by atomic mass is 10.1. The first-order valence-electron chi connectivity index (χ1n) is 9.61. The minimum absolute atomic E-state index is 0.0330. The topological polar surface area (TPSA) is 105 Å². The Labute approximate surface area is 176 Å². The molecule has 2 amide bonds. The van der Waals surface area contributed by atoms with E-state index in [-0.39, 0.29) is 17.3 Å². The molecule has 160 valence electrons. The summed E-state index contributed by atoms with van der Waals surface area (Å²) in [7, 11) is -2.58. The quantitative estimate of drug-likeness (QED) is 0.698. The van der Waals surface area contributed by atoms with Crippen LogP contribution in [0.5, 0.6) is 5.75 Å². The van der Waals surface area contributed by atoms with E-state index in [0.29, 0.717) is 30.0 Å². The number of carbonyl (C=O) groups excluding carboxylic acids is 2. The first kappa shape index (κ1) is 21.8. The molecule has 2 N–H and O–H groups in total. The lowest BCUT2D eigenvalue weighted by Gasteiger charge is -2.27. The highest BCUT2D eigenvalue weighted by Crippen LogP contribution is 2.35. The molecule has 8 nitrogen and oxygen atoms in total. The average Bonchev–Trinajstić information content (AvgIpc) is 2.72. The minimum Gasteiger partial charge on any atom is -0.478 e. The van der Waals surface area contributed by atoms with E-state index in [9.17, 15) is 18.0 Å². The third-order valence-electron chi connectivity index (χ3n) is 4.85. The maximum atomic E-state index is 13.1. The Kier molecular flexibility index (Phi) is 6.42. The van der Waals surface area contributed by atoms with Gasteiger partial charge in [0.05, 0.1) is 17.1 Å². The fourth-order valence-electron chi connectivity index (χ4n) is 3.14. The number of anilines is 1. The van der Waals surface area contributed by atoms with Gasteiger partial charge in [-0.05, 0) is 30.5 Å². The van der Waals surface area contributed by atoms with Crippen molar-refractivity contribution in [2.75, 3.05) is 18.9 Å². The Hall–Kier alpha value is -2.91. The van der Waals surface area contributed by atoms with Gasteiger partial charge in [-0.15, -0.1) is 0 Å². The highest BCUT2D eigenvalue weighted by atomic mass is 32.2. The van der Waals surface area contributed by atoms with Crippen LogP contribution in [0.2, 0.25) is 0 Å². The van der Waals surface area contributed by atoms with Crippen molar-refractivity contribution in [3.8, 4) is 5.75 Å². The normalized spacial score (nSPS) is 15.9. The molecule has 1 atom stereocenters. The van der Waals surface area contributed by atoms with Gasteiger partial charge in [0.25, 0.3) is 5.91 Å². The molecule has 0 aliphatic carbocycles. The van der Waals surface area contributed by atoms with Crippen LogP contribution in [-0.2, 0) is 26.2 Å². The van der Waals surface area contributed by atoms with Gasteiger partial charge in [0.2, 0.25) is 15.9 Å². The Morgan fingerprint density at radius 2 is 1.93 bits per heavy atom. The van der Waals surface area contributed by atoms with E-state index < -0.39 is 22.0 Å². The van der Waals surface area contributed by atoms with Crippen LogP contribution >= 0.6 is 0 Å². The lowest BCUT2D eigenvalue weighted by molar-refractivity contribution is -0.123. The number of fused-ring (bicyclic) bond motifs is 1. The van der Waals surface area contributed by atoms with Gasteiger partial charge in [-0.1, -0.05) is 37.3 Å². The van der Waals surface area contributed by atoms with Crippen molar-refractivity contribution in [1.82, 2.24) is 9.62 Å². The predicted octanol–water partition coefficient (Wildman–Crippen LogP) is 2.04. The number of likely N-dealkylation sites (N-methyl/N-ethyl adjacent to an activating group) is 1. The number of rotatable bonds is 7. The molecule has 2 aromatic rings. The van der Waals surface area contributed by atoms with Crippen LogP contribution in [0.25, 0.3) is 0 Å². The van der Waals surface area contributed by atoms with Crippen LogP contribution < -0.4 is 15.4 Å². The summed E-state index contributed by atoms with van der Waals surface area (Å²) < 4.78 is 32.8. The molecule has 1 aliphatic rings. The maximum Gasteiger partial charge on any atom is 0.265 e. The number of hydrogen-bond acceptors (Lipinski definition) is 5. The van der Waals surface area contributed by atoms with Gasteiger partial charge >= 0.3 is 0 Å².